The molecule has 8 atom stereocenters. The van der Waals surface area contributed by atoms with E-state index in [2.05, 4.69) is 41.5 Å². The predicted molar refractivity (Wildman–Crippen MR) is 99.5 cm³/mol. The third-order valence-electron chi connectivity index (χ3n) is 10.0. The lowest BCUT2D eigenvalue weighted by Crippen LogP contribution is -2.55. The quantitative estimate of drug-likeness (QED) is 0.620. The SMILES string of the molecule is C[C@@H]1[C@@H](CC(=O)C[C@H]2C[C@H]3C[C@H]([C@@H]2C)C3(C)C)C[C@H]2C[C@H]1C2(C)C. The van der Waals surface area contributed by atoms with Gasteiger partial charge in [-0.1, -0.05) is 41.5 Å². The molecule has 0 N–H and O–H groups in total. The van der Waals surface area contributed by atoms with E-state index in [4.69, 9.17) is 0 Å². The van der Waals surface area contributed by atoms with E-state index in [1.807, 2.05) is 0 Å². The first kappa shape index (κ1) is 17.1. The lowest BCUT2D eigenvalue weighted by molar-refractivity contribution is -0.147. The second kappa shape index (κ2) is 5.34. The number of ketones is 1. The summed E-state index contributed by atoms with van der Waals surface area (Å²) in [5.74, 6) is 6.97. The maximum Gasteiger partial charge on any atom is 0.133 e. The Balaban J connectivity index is 1.32. The highest BCUT2D eigenvalue weighted by Crippen LogP contribution is 2.65. The standard InChI is InChI=1S/C23H38O/c1-13-15(7-17-11-20(13)22(17,3)4)9-19(24)10-16-8-18-12-21(14(16)2)23(18,5)6/h13-18,20-21H,7-12H2,1-6H3/t13-,14-,15-,16-,17+,18+,20-,21-/m1/s1. The molecule has 0 aromatic rings. The Morgan fingerprint density at radius 3 is 1.42 bits per heavy atom. The van der Waals surface area contributed by atoms with E-state index in [9.17, 15) is 4.79 Å². The maximum absolute atomic E-state index is 12.8. The predicted octanol–water partition coefficient (Wildman–Crippen LogP) is 5.97. The minimum absolute atomic E-state index is 0.545. The molecule has 0 aromatic carbocycles. The van der Waals surface area contributed by atoms with Gasteiger partial charge in [0.15, 0.2) is 0 Å². The van der Waals surface area contributed by atoms with Crippen LogP contribution < -0.4 is 0 Å². The second-order valence-electron chi connectivity index (χ2n) is 11.4. The van der Waals surface area contributed by atoms with Gasteiger partial charge in [0, 0.05) is 12.8 Å². The molecule has 0 heterocycles. The average molecular weight is 331 g/mol. The van der Waals surface area contributed by atoms with Gasteiger partial charge in [0.05, 0.1) is 0 Å². The topological polar surface area (TPSA) is 17.1 Å². The molecule has 0 aromatic heterocycles. The molecule has 0 aliphatic heterocycles. The Hall–Kier alpha value is -0.330. The molecule has 6 fully saturated rings. The summed E-state index contributed by atoms with van der Waals surface area (Å²) in [5.41, 5.74) is 1.09. The minimum atomic E-state index is 0.545. The summed E-state index contributed by atoms with van der Waals surface area (Å²) < 4.78 is 0. The summed E-state index contributed by atoms with van der Waals surface area (Å²) in [6, 6.07) is 0. The van der Waals surface area contributed by atoms with Gasteiger partial charge in [0.2, 0.25) is 0 Å². The Bertz CT molecular complexity index is 484. The van der Waals surface area contributed by atoms with Crippen molar-refractivity contribution in [3.05, 3.63) is 0 Å². The highest BCUT2D eigenvalue weighted by Gasteiger charge is 2.57. The highest BCUT2D eigenvalue weighted by atomic mass is 16.1. The fourth-order valence-electron chi connectivity index (χ4n) is 7.72. The molecular weight excluding hydrogens is 292 g/mol. The fraction of sp³-hybridized carbons (Fsp3) is 0.957. The average Bonchev–Trinajstić information content (AvgIpc) is 2.50. The van der Waals surface area contributed by atoms with E-state index in [0.717, 1.165) is 48.3 Å². The van der Waals surface area contributed by atoms with Gasteiger partial charge >= 0.3 is 0 Å². The first-order valence-electron chi connectivity index (χ1n) is 10.6. The molecule has 0 spiro atoms. The van der Waals surface area contributed by atoms with Gasteiger partial charge in [-0.15, -0.1) is 0 Å². The van der Waals surface area contributed by atoms with Crippen LogP contribution in [0.5, 0.6) is 0 Å². The third kappa shape index (κ3) is 2.28. The van der Waals surface area contributed by atoms with Crippen LogP contribution in [0.2, 0.25) is 0 Å². The van der Waals surface area contributed by atoms with Gasteiger partial charge in [-0.05, 0) is 83.9 Å². The van der Waals surface area contributed by atoms with Crippen LogP contribution in [0.3, 0.4) is 0 Å². The maximum atomic E-state index is 12.8. The molecule has 0 amide bonds. The fourth-order valence-corrected chi connectivity index (χ4v) is 7.72. The summed E-state index contributed by atoms with van der Waals surface area (Å²) in [5, 5.41) is 0. The summed E-state index contributed by atoms with van der Waals surface area (Å²) in [7, 11) is 0. The van der Waals surface area contributed by atoms with Crippen molar-refractivity contribution >= 4 is 5.78 Å². The van der Waals surface area contributed by atoms with Gasteiger partial charge in [0.1, 0.15) is 5.78 Å². The Morgan fingerprint density at radius 1 is 0.750 bits per heavy atom. The van der Waals surface area contributed by atoms with E-state index in [0.29, 0.717) is 28.4 Å². The molecule has 6 aliphatic carbocycles. The number of fused-ring (bicyclic) bond motifs is 4. The van der Waals surface area contributed by atoms with Crippen molar-refractivity contribution in [2.24, 2.45) is 58.2 Å². The van der Waals surface area contributed by atoms with Gasteiger partial charge in [-0.3, -0.25) is 4.79 Å². The van der Waals surface area contributed by atoms with Crippen molar-refractivity contribution in [1.29, 1.82) is 0 Å². The zero-order valence-corrected chi connectivity index (χ0v) is 16.8. The molecule has 0 saturated heterocycles. The van der Waals surface area contributed by atoms with E-state index in [-0.39, 0.29) is 0 Å². The minimum Gasteiger partial charge on any atom is -0.300 e. The van der Waals surface area contributed by atoms with Crippen molar-refractivity contribution in [2.45, 2.75) is 80.1 Å². The van der Waals surface area contributed by atoms with Crippen LogP contribution in [0.1, 0.15) is 80.1 Å². The summed E-state index contributed by atoms with van der Waals surface area (Å²) in [4.78, 5) is 12.8. The Kier molecular flexibility index (Phi) is 3.80. The van der Waals surface area contributed by atoms with E-state index in [1.165, 1.54) is 25.7 Å². The zero-order valence-electron chi connectivity index (χ0n) is 16.8. The lowest BCUT2D eigenvalue weighted by atomic mass is 9.42. The molecular formula is C23H38O. The van der Waals surface area contributed by atoms with Crippen LogP contribution in [-0.4, -0.2) is 5.78 Å². The smallest absolute Gasteiger partial charge is 0.133 e. The highest BCUT2D eigenvalue weighted by molar-refractivity contribution is 5.79. The molecule has 6 saturated carbocycles. The molecule has 1 nitrogen and oxygen atoms in total. The van der Waals surface area contributed by atoms with Crippen LogP contribution in [0.4, 0.5) is 0 Å². The molecule has 6 rings (SSSR count). The largest absolute Gasteiger partial charge is 0.300 e. The number of rotatable bonds is 4. The Morgan fingerprint density at radius 2 is 1.12 bits per heavy atom. The van der Waals surface area contributed by atoms with Crippen molar-refractivity contribution in [3.63, 3.8) is 0 Å². The van der Waals surface area contributed by atoms with Crippen molar-refractivity contribution in [3.8, 4) is 0 Å². The lowest BCUT2D eigenvalue weighted by Gasteiger charge is -2.62. The summed E-state index contributed by atoms with van der Waals surface area (Å²) in [6.45, 7) is 14.7. The number of hydrogen-bond acceptors (Lipinski definition) is 1. The van der Waals surface area contributed by atoms with Crippen LogP contribution in [-0.2, 0) is 4.79 Å². The van der Waals surface area contributed by atoms with Crippen LogP contribution in [0.15, 0.2) is 0 Å². The van der Waals surface area contributed by atoms with Crippen molar-refractivity contribution in [2.75, 3.05) is 0 Å². The molecule has 0 radical (unpaired) electrons. The second-order valence-corrected chi connectivity index (χ2v) is 11.4. The molecule has 4 bridgehead atoms. The summed E-state index contributed by atoms with van der Waals surface area (Å²) >= 11 is 0. The first-order chi connectivity index (χ1) is 11.1. The van der Waals surface area contributed by atoms with Crippen molar-refractivity contribution < 1.29 is 4.79 Å². The summed E-state index contributed by atoms with van der Waals surface area (Å²) in [6.07, 6.45) is 7.25. The normalized spacial score (nSPS) is 50.6. The van der Waals surface area contributed by atoms with E-state index < -0.39 is 0 Å². The molecule has 24 heavy (non-hydrogen) atoms. The van der Waals surface area contributed by atoms with Gasteiger partial charge < -0.3 is 0 Å². The third-order valence-corrected chi connectivity index (χ3v) is 10.0. The number of carbonyl (C=O) groups excluding carboxylic acids is 1. The Labute approximate surface area is 149 Å². The number of carbonyl (C=O) groups is 1. The van der Waals surface area contributed by atoms with E-state index in [1.54, 1.807) is 0 Å². The van der Waals surface area contributed by atoms with Crippen LogP contribution in [0.25, 0.3) is 0 Å². The molecule has 0 unspecified atom stereocenters. The van der Waals surface area contributed by atoms with Crippen LogP contribution in [0, 0.1) is 58.2 Å². The zero-order chi connectivity index (χ0) is 17.4. The molecule has 136 valence electrons. The number of hydrogen-bond donors (Lipinski definition) is 0. The van der Waals surface area contributed by atoms with Gasteiger partial charge in [-0.2, -0.15) is 0 Å². The van der Waals surface area contributed by atoms with Crippen LogP contribution >= 0.6 is 0 Å². The van der Waals surface area contributed by atoms with Gasteiger partial charge in [-0.25, -0.2) is 0 Å². The first-order valence-corrected chi connectivity index (χ1v) is 10.6. The number of Topliss-reactive ketones (excluding diaryl/α,β-unsaturated/α-hetero) is 1. The monoisotopic (exact) mass is 330 g/mol. The van der Waals surface area contributed by atoms with Gasteiger partial charge in [0.25, 0.3) is 0 Å². The van der Waals surface area contributed by atoms with Crippen molar-refractivity contribution in [1.82, 2.24) is 0 Å². The molecule has 6 aliphatic rings. The molecule has 1 heteroatoms. The van der Waals surface area contributed by atoms with E-state index >= 15 is 0 Å².